The number of allylic oxidation sites excluding steroid dienone is 1. The van der Waals surface area contributed by atoms with Crippen LogP contribution in [0.4, 0.5) is 13.2 Å². The molecule has 1 aromatic heterocycles. The number of benzene rings is 2. The zero-order chi connectivity index (χ0) is 15.3. The van der Waals surface area contributed by atoms with E-state index in [-0.39, 0.29) is 5.82 Å². The predicted molar refractivity (Wildman–Crippen MR) is 78.8 cm³/mol. The third kappa shape index (κ3) is 1.99. The summed E-state index contributed by atoms with van der Waals surface area (Å²) in [5.41, 5.74) is 3.52. The van der Waals surface area contributed by atoms with E-state index in [1.807, 2.05) is 6.08 Å². The summed E-state index contributed by atoms with van der Waals surface area (Å²) in [7, 11) is 0. The summed E-state index contributed by atoms with van der Waals surface area (Å²) in [5.74, 6) is -2.02. The van der Waals surface area contributed by atoms with Crippen molar-refractivity contribution in [3.8, 4) is 0 Å². The molecule has 0 saturated heterocycles. The number of fused-ring (bicyclic) bond motifs is 2. The minimum atomic E-state index is -0.866. The Bertz CT molecular complexity index is 944. The molecule has 2 aromatic carbocycles. The Balaban J connectivity index is 1.85. The van der Waals surface area contributed by atoms with Gasteiger partial charge in [0.25, 0.3) is 0 Å². The van der Waals surface area contributed by atoms with Crippen LogP contribution in [0.5, 0.6) is 0 Å². The lowest BCUT2D eigenvalue weighted by atomic mass is 10.0. The van der Waals surface area contributed by atoms with Gasteiger partial charge in [0, 0.05) is 11.0 Å². The SMILES string of the molecule is Fc1ccc2nc(C3=CCc4cc(F)c(F)cc43)ccc2c1. The zero-order valence-electron chi connectivity index (χ0n) is 11.4. The molecular formula is C18H10F3N. The van der Waals surface area contributed by atoms with Crippen LogP contribution in [0.15, 0.2) is 48.5 Å². The van der Waals surface area contributed by atoms with E-state index in [0.717, 1.165) is 11.1 Å². The van der Waals surface area contributed by atoms with Crippen molar-refractivity contribution in [1.82, 2.24) is 4.98 Å². The molecule has 1 aliphatic carbocycles. The number of halogens is 3. The molecule has 22 heavy (non-hydrogen) atoms. The highest BCUT2D eigenvalue weighted by molar-refractivity contribution is 5.87. The van der Waals surface area contributed by atoms with E-state index in [1.165, 1.54) is 24.3 Å². The Morgan fingerprint density at radius 2 is 1.68 bits per heavy atom. The Kier molecular flexibility index (Phi) is 2.79. The lowest BCUT2D eigenvalue weighted by Crippen LogP contribution is -1.95. The smallest absolute Gasteiger partial charge is 0.159 e. The van der Waals surface area contributed by atoms with Crippen molar-refractivity contribution in [1.29, 1.82) is 0 Å². The van der Waals surface area contributed by atoms with Crippen LogP contribution in [0.3, 0.4) is 0 Å². The third-order valence-corrected chi connectivity index (χ3v) is 3.89. The van der Waals surface area contributed by atoms with E-state index < -0.39 is 11.6 Å². The van der Waals surface area contributed by atoms with Gasteiger partial charge in [-0.2, -0.15) is 0 Å². The first kappa shape index (κ1) is 13.1. The van der Waals surface area contributed by atoms with Crippen LogP contribution in [-0.4, -0.2) is 4.98 Å². The molecular weight excluding hydrogens is 287 g/mol. The largest absolute Gasteiger partial charge is 0.248 e. The van der Waals surface area contributed by atoms with Crippen LogP contribution in [0.2, 0.25) is 0 Å². The molecule has 3 aromatic rings. The number of aromatic nitrogens is 1. The summed E-state index contributed by atoms with van der Waals surface area (Å²) in [5, 5.41) is 0.702. The molecule has 0 N–H and O–H groups in total. The Morgan fingerprint density at radius 1 is 0.864 bits per heavy atom. The fourth-order valence-corrected chi connectivity index (χ4v) is 2.82. The first-order chi connectivity index (χ1) is 10.6. The van der Waals surface area contributed by atoms with E-state index >= 15 is 0 Å². The van der Waals surface area contributed by atoms with Crippen LogP contribution >= 0.6 is 0 Å². The Hall–Kier alpha value is -2.62. The van der Waals surface area contributed by atoms with E-state index in [0.29, 0.717) is 28.6 Å². The molecule has 1 nitrogen and oxygen atoms in total. The molecule has 4 heteroatoms. The summed E-state index contributed by atoms with van der Waals surface area (Å²) >= 11 is 0. The van der Waals surface area contributed by atoms with Crippen molar-refractivity contribution in [3.05, 3.63) is 82.8 Å². The molecule has 0 bridgehead atoms. The minimum absolute atomic E-state index is 0.315. The summed E-state index contributed by atoms with van der Waals surface area (Å²) < 4.78 is 40.0. The molecule has 4 rings (SSSR count). The maximum Gasteiger partial charge on any atom is 0.159 e. The van der Waals surface area contributed by atoms with Crippen LogP contribution < -0.4 is 0 Å². The number of rotatable bonds is 1. The van der Waals surface area contributed by atoms with Crippen molar-refractivity contribution in [2.75, 3.05) is 0 Å². The lowest BCUT2D eigenvalue weighted by molar-refractivity contribution is 0.507. The highest BCUT2D eigenvalue weighted by Gasteiger charge is 2.19. The van der Waals surface area contributed by atoms with Crippen molar-refractivity contribution >= 4 is 16.5 Å². The van der Waals surface area contributed by atoms with Crippen molar-refractivity contribution < 1.29 is 13.2 Å². The van der Waals surface area contributed by atoms with Gasteiger partial charge in [-0.05, 0) is 53.9 Å². The second-order valence-corrected chi connectivity index (χ2v) is 5.28. The molecule has 0 amide bonds. The third-order valence-electron chi connectivity index (χ3n) is 3.89. The quantitative estimate of drug-likeness (QED) is 0.637. The van der Waals surface area contributed by atoms with E-state index in [4.69, 9.17) is 0 Å². The highest BCUT2D eigenvalue weighted by atomic mass is 19.2. The highest BCUT2D eigenvalue weighted by Crippen LogP contribution is 2.33. The predicted octanol–water partition coefficient (Wildman–Crippen LogP) is 4.64. The fourth-order valence-electron chi connectivity index (χ4n) is 2.82. The van der Waals surface area contributed by atoms with Gasteiger partial charge in [0.1, 0.15) is 5.82 Å². The van der Waals surface area contributed by atoms with E-state index in [1.54, 1.807) is 18.2 Å². The average Bonchev–Trinajstić information content (AvgIpc) is 2.90. The van der Waals surface area contributed by atoms with Gasteiger partial charge in [-0.25, -0.2) is 18.2 Å². The van der Waals surface area contributed by atoms with Gasteiger partial charge >= 0.3 is 0 Å². The lowest BCUT2D eigenvalue weighted by Gasteiger charge is -2.07. The van der Waals surface area contributed by atoms with Gasteiger partial charge in [0.15, 0.2) is 11.6 Å². The minimum Gasteiger partial charge on any atom is -0.248 e. The van der Waals surface area contributed by atoms with E-state index in [9.17, 15) is 13.2 Å². The van der Waals surface area contributed by atoms with Crippen molar-refractivity contribution in [2.24, 2.45) is 0 Å². The second-order valence-electron chi connectivity index (χ2n) is 5.28. The summed E-state index contributed by atoms with van der Waals surface area (Å²) in [6.45, 7) is 0. The summed E-state index contributed by atoms with van der Waals surface area (Å²) in [4.78, 5) is 4.50. The first-order valence-electron chi connectivity index (χ1n) is 6.87. The standard InChI is InChI=1S/C18H10F3N/c19-12-3-6-17-11(7-12)2-5-18(22-17)13-4-1-10-8-15(20)16(21)9-14(10)13/h2-9H,1H2. The van der Waals surface area contributed by atoms with Crippen LogP contribution in [0.1, 0.15) is 16.8 Å². The number of pyridine rings is 1. The van der Waals surface area contributed by atoms with Crippen LogP contribution in [0.25, 0.3) is 16.5 Å². The van der Waals surface area contributed by atoms with Gasteiger partial charge in [-0.15, -0.1) is 0 Å². The molecule has 0 aliphatic heterocycles. The van der Waals surface area contributed by atoms with Gasteiger partial charge < -0.3 is 0 Å². The molecule has 108 valence electrons. The van der Waals surface area contributed by atoms with Crippen LogP contribution in [-0.2, 0) is 6.42 Å². The molecule has 0 atom stereocenters. The number of hydrogen-bond acceptors (Lipinski definition) is 1. The van der Waals surface area contributed by atoms with Gasteiger partial charge in [0.05, 0.1) is 11.2 Å². The monoisotopic (exact) mass is 297 g/mol. The van der Waals surface area contributed by atoms with Crippen molar-refractivity contribution in [2.45, 2.75) is 6.42 Å². The van der Waals surface area contributed by atoms with Crippen LogP contribution in [0, 0.1) is 17.5 Å². The van der Waals surface area contributed by atoms with Gasteiger partial charge in [0.2, 0.25) is 0 Å². The van der Waals surface area contributed by atoms with Crippen molar-refractivity contribution in [3.63, 3.8) is 0 Å². The number of nitrogens with zero attached hydrogens (tertiary/aromatic N) is 1. The first-order valence-corrected chi connectivity index (χ1v) is 6.87. The molecule has 0 spiro atoms. The molecule has 1 heterocycles. The normalized spacial score (nSPS) is 13.3. The molecule has 0 radical (unpaired) electrons. The number of hydrogen-bond donors (Lipinski definition) is 0. The zero-order valence-corrected chi connectivity index (χ0v) is 11.4. The van der Waals surface area contributed by atoms with Gasteiger partial charge in [-0.3, -0.25) is 0 Å². The molecule has 0 fully saturated rings. The maximum absolute atomic E-state index is 13.5. The maximum atomic E-state index is 13.5. The van der Waals surface area contributed by atoms with Gasteiger partial charge in [-0.1, -0.05) is 12.1 Å². The van der Waals surface area contributed by atoms with E-state index in [2.05, 4.69) is 4.98 Å². The molecule has 0 saturated carbocycles. The topological polar surface area (TPSA) is 12.9 Å². The second kappa shape index (κ2) is 4.70. The summed E-state index contributed by atoms with van der Waals surface area (Å²) in [6.07, 6.45) is 2.45. The Morgan fingerprint density at radius 3 is 2.55 bits per heavy atom. The summed E-state index contributed by atoms with van der Waals surface area (Å²) in [6, 6.07) is 10.4. The average molecular weight is 297 g/mol. The fraction of sp³-hybridized carbons (Fsp3) is 0.0556. The molecule has 0 unspecified atom stereocenters. The molecule has 1 aliphatic rings. The Labute approximate surface area is 124 Å².